The van der Waals surface area contributed by atoms with Gasteiger partial charge in [-0.2, -0.15) is 0 Å². The zero-order valence-electron chi connectivity index (χ0n) is 17.4. The second kappa shape index (κ2) is 10.4. The summed E-state index contributed by atoms with van der Waals surface area (Å²) in [4.78, 5) is 27.8. The average Bonchev–Trinajstić information content (AvgIpc) is 3.26. The number of imidazole rings is 1. The van der Waals surface area contributed by atoms with Crippen LogP contribution in [0.4, 0.5) is 0 Å². The molecule has 3 aromatic rings. The standard InChI is InChI=1S/C24H24N2O5/c1-17(24(28)29)31-16-19-7-5-18(6-8-19)4-3-14-26-15-13-25-23(26)22(27)20-9-11-21(30-2)12-10-20/h3-13,15,17H,14,16H2,1-2H3,(H,28,29)/b4-3+/t17-/m1/s1. The predicted octanol–water partition coefficient (Wildman–Crippen LogP) is 3.83. The van der Waals surface area contributed by atoms with Crippen LogP contribution in [0.3, 0.4) is 0 Å². The molecule has 7 nitrogen and oxygen atoms in total. The highest BCUT2D eigenvalue weighted by Crippen LogP contribution is 2.15. The minimum Gasteiger partial charge on any atom is -0.497 e. The van der Waals surface area contributed by atoms with Gasteiger partial charge < -0.3 is 19.1 Å². The summed E-state index contributed by atoms with van der Waals surface area (Å²) in [5.74, 6) is -0.0726. The number of hydrogen-bond acceptors (Lipinski definition) is 5. The molecule has 0 unspecified atom stereocenters. The van der Waals surface area contributed by atoms with E-state index in [1.807, 2.05) is 36.4 Å². The minimum absolute atomic E-state index is 0.152. The molecule has 0 aliphatic rings. The number of carbonyl (C=O) groups excluding carboxylic acids is 1. The van der Waals surface area contributed by atoms with Gasteiger partial charge in [0.05, 0.1) is 13.7 Å². The number of hydrogen-bond donors (Lipinski definition) is 1. The maximum absolute atomic E-state index is 12.8. The number of carboxylic acids is 1. The fourth-order valence-electron chi connectivity index (χ4n) is 2.86. The number of aromatic nitrogens is 2. The molecule has 1 aromatic heterocycles. The molecule has 0 aliphatic carbocycles. The zero-order valence-corrected chi connectivity index (χ0v) is 17.4. The van der Waals surface area contributed by atoms with E-state index in [1.54, 1.807) is 48.3 Å². The lowest BCUT2D eigenvalue weighted by Gasteiger charge is -2.08. The SMILES string of the molecule is COc1ccc(C(=O)c2nccn2C/C=C/c2ccc(CO[C@H](C)C(=O)O)cc2)cc1. The van der Waals surface area contributed by atoms with Crippen LogP contribution in [-0.4, -0.2) is 39.6 Å². The van der Waals surface area contributed by atoms with Gasteiger partial charge in [-0.15, -0.1) is 0 Å². The summed E-state index contributed by atoms with van der Waals surface area (Å²) in [6, 6.07) is 14.6. The van der Waals surface area contributed by atoms with Crippen LogP contribution >= 0.6 is 0 Å². The molecule has 160 valence electrons. The van der Waals surface area contributed by atoms with Gasteiger partial charge in [-0.1, -0.05) is 36.4 Å². The fourth-order valence-corrected chi connectivity index (χ4v) is 2.86. The Kier molecular flexibility index (Phi) is 7.35. The lowest BCUT2D eigenvalue weighted by Crippen LogP contribution is -2.19. The lowest BCUT2D eigenvalue weighted by atomic mass is 10.1. The third-order valence-corrected chi connectivity index (χ3v) is 4.71. The highest BCUT2D eigenvalue weighted by atomic mass is 16.5. The molecular weight excluding hydrogens is 396 g/mol. The van der Waals surface area contributed by atoms with E-state index in [-0.39, 0.29) is 12.4 Å². The maximum Gasteiger partial charge on any atom is 0.332 e. The van der Waals surface area contributed by atoms with E-state index in [4.69, 9.17) is 14.6 Å². The van der Waals surface area contributed by atoms with Crippen LogP contribution in [-0.2, 0) is 22.7 Å². The van der Waals surface area contributed by atoms with Crippen LogP contribution < -0.4 is 4.74 Å². The summed E-state index contributed by atoms with van der Waals surface area (Å²) in [5.41, 5.74) is 2.43. The largest absolute Gasteiger partial charge is 0.497 e. The Labute approximate surface area is 180 Å². The summed E-state index contributed by atoms with van der Waals surface area (Å²) >= 11 is 0. The first-order valence-corrected chi connectivity index (χ1v) is 9.77. The quantitative estimate of drug-likeness (QED) is 0.502. The number of benzene rings is 2. The van der Waals surface area contributed by atoms with Crippen LogP contribution in [0.25, 0.3) is 6.08 Å². The molecule has 31 heavy (non-hydrogen) atoms. The summed E-state index contributed by atoms with van der Waals surface area (Å²) < 4.78 is 12.2. The number of allylic oxidation sites excluding steroid dienone is 1. The van der Waals surface area contributed by atoms with E-state index in [0.29, 0.717) is 23.7 Å². The molecular formula is C24H24N2O5. The molecule has 0 aliphatic heterocycles. The molecule has 1 heterocycles. The Morgan fingerprint density at radius 2 is 1.84 bits per heavy atom. The number of nitrogens with zero attached hydrogens (tertiary/aromatic N) is 2. The van der Waals surface area contributed by atoms with Crippen molar-refractivity contribution in [2.45, 2.75) is 26.2 Å². The Balaban J connectivity index is 1.60. The number of carboxylic acid groups (broad SMARTS) is 1. The van der Waals surface area contributed by atoms with Gasteiger partial charge in [0, 0.05) is 24.5 Å². The first-order valence-electron chi connectivity index (χ1n) is 9.77. The van der Waals surface area contributed by atoms with Crippen molar-refractivity contribution in [1.82, 2.24) is 9.55 Å². The number of rotatable bonds is 10. The van der Waals surface area contributed by atoms with Crippen molar-refractivity contribution < 1.29 is 24.2 Å². The van der Waals surface area contributed by atoms with Gasteiger partial charge in [0.1, 0.15) is 5.75 Å². The smallest absolute Gasteiger partial charge is 0.332 e. The normalized spacial score (nSPS) is 12.1. The monoisotopic (exact) mass is 420 g/mol. The van der Waals surface area contributed by atoms with E-state index in [9.17, 15) is 9.59 Å². The Bertz CT molecular complexity index is 1050. The van der Waals surface area contributed by atoms with Gasteiger partial charge in [-0.25, -0.2) is 9.78 Å². The summed E-state index contributed by atoms with van der Waals surface area (Å²) in [6.07, 6.45) is 6.43. The van der Waals surface area contributed by atoms with E-state index >= 15 is 0 Å². The second-order valence-electron chi connectivity index (χ2n) is 6.90. The molecule has 0 amide bonds. The van der Waals surface area contributed by atoms with Gasteiger partial charge in [0.15, 0.2) is 11.9 Å². The van der Waals surface area contributed by atoms with Crippen molar-refractivity contribution in [3.05, 3.63) is 89.5 Å². The van der Waals surface area contributed by atoms with Gasteiger partial charge in [0.2, 0.25) is 5.78 Å². The third-order valence-electron chi connectivity index (χ3n) is 4.71. The van der Waals surface area contributed by atoms with Crippen molar-refractivity contribution in [2.75, 3.05) is 7.11 Å². The zero-order chi connectivity index (χ0) is 22.2. The molecule has 0 fully saturated rings. The van der Waals surface area contributed by atoms with E-state index in [0.717, 1.165) is 11.1 Å². The van der Waals surface area contributed by atoms with Crippen LogP contribution in [0.2, 0.25) is 0 Å². The molecule has 1 N–H and O–H groups in total. The first kappa shape index (κ1) is 22.0. The molecule has 3 rings (SSSR count). The Morgan fingerprint density at radius 1 is 1.13 bits per heavy atom. The topological polar surface area (TPSA) is 90.6 Å². The minimum atomic E-state index is -0.983. The summed E-state index contributed by atoms with van der Waals surface area (Å²) in [6.45, 7) is 2.24. The number of aliphatic carboxylic acids is 1. The molecule has 1 atom stereocenters. The second-order valence-corrected chi connectivity index (χ2v) is 6.90. The summed E-state index contributed by atoms with van der Waals surface area (Å²) in [7, 11) is 1.58. The highest BCUT2D eigenvalue weighted by molar-refractivity contribution is 6.06. The molecule has 0 bridgehead atoms. The van der Waals surface area contributed by atoms with Gasteiger partial charge in [0.25, 0.3) is 0 Å². The molecule has 0 saturated carbocycles. The van der Waals surface area contributed by atoms with Gasteiger partial charge in [-0.3, -0.25) is 4.79 Å². The third kappa shape index (κ3) is 5.90. The average molecular weight is 420 g/mol. The van der Waals surface area contributed by atoms with Crippen molar-refractivity contribution >= 4 is 17.8 Å². The van der Waals surface area contributed by atoms with Gasteiger partial charge in [-0.05, 0) is 42.3 Å². The Morgan fingerprint density at radius 3 is 2.48 bits per heavy atom. The van der Waals surface area contributed by atoms with Crippen LogP contribution in [0, 0.1) is 0 Å². The van der Waals surface area contributed by atoms with Crippen LogP contribution in [0.5, 0.6) is 5.75 Å². The van der Waals surface area contributed by atoms with Crippen LogP contribution in [0.15, 0.2) is 67.0 Å². The molecule has 7 heteroatoms. The summed E-state index contributed by atoms with van der Waals surface area (Å²) in [5, 5.41) is 8.85. The van der Waals surface area contributed by atoms with Crippen molar-refractivity contribution in [2.24, 2.45) is 0 Å². The fraction of sp³-hybridized carbons (Fsp3) is 0.208. The molecule has 0 saturated heterocycles. The van der Waals surface area contributed by atoms with Crippen LogP contribution in [0.1, 0.15) is 34.2 Å². The maximum atomic E-state index is 12.8. The predicted molar refractivity (Wildman–Crippen MR) is 116 cm³/mol. The van der Waals surface area contributed by atoms with Crippen molar-refractivity contribution in [1.29, 1.82) is 0 Å². The Hall–Kier alpha value is -3.71. The molecule has 2 aromatic carbocycles. The number of ketones is 1. The molecule has 0 spiro atoms. The van der Waals surface area contributed by atoms with E-state index in [1.165, 1.54) is 6.92 Å². The molecule has 0 radical (unpaired) electrons. The van der Waals surface area contributed by atoms with E-state index < -0.39 is 12.1 Å². The first-order chi connectivity index (χ1) is 15.0. The van der Waals surface area contributed by atoms with Crippen molar-refractivity contribution in [3.63, 3.8) is 0 Å². The number of ether oxygens (including phenoxy) is 2. The lowest BCUT2D eigenvalue weighted by molar-refractivity contribution is -0.149. The number of methoxy groups -OCH3 is 1. The number of carbonyl (C=O) groups is 2. The van der Waals surface area contributed by atoms with Crippen molar-refractivity contribution in [3.8, 4) is 5.75 Å². The highest BCUT2D eigenvalue weighted by Gasteiger charge is 2.14. The van der Waals surface area contributed by atoms with E-state index in [2.05, 4.69) is 4.98 Å². The van der Waals surface area contributed by atoms with Gasteiger partial charge >= 0.3 is 5.97 Å².